The molecule has 0 radical (unpaired) electrons. The summed E-state index contributed by atoms with van der Waals surface area (Å²) in [6.45, 7) is 0.0851. The topological polar surface area (TPSA) is 91.0 Å². The van der Waals surface area contributed by atoms with Gasteiger partial charge in [0.2, 0.25) is 6.79 Å². The van der Waals surface area contributed by atoms with Crippen LogP contribution in [0.4, 0.5) is 0 Å². The highest BCUT2D eigenvalue weighted by Gasteiger charge is 2.29. The number of rotatable bonds is 4. The van der Waals surface area contributed by atoms with E-state index in [1.165, 1.54) is 7.11 Å². The quantitative estimate of drug-likeness (QED) is 0.877. The molecular formula is C11H12BrNO5. The van der Waals surface area contributed by atoms with Crippen LogP contribution in [0.25, 0.3) is 0 Å². The second-order valence-corrected chi connectivity index (χ2v) is 4.60. The van der Waals surface area contributed by atoms with Crippen molar-refractivity contribution in [3.8, 4) is 17.2 Å². The van der Waals surface area contributed by atoms with E-state index in [0.717, 1.165) is 0 Å². The Morgan fingerprint density at radius 3 is 3.00 bits per heavy atom. The van der Waals surface area contributed by atoms with E-state index in [1.54, 1.807) is 6.07 Å². The highest BCUT2D eigenvalue weighted by molar-refractivity contribution is 9.10. The second kappa shape index (κ2) is 5.03. The maximum absolute atomic E-state index is 10.8. The number of halogens is 1. The van der Waals surface area contributed by atoms with Gasteiger partial charge in [-0.1, -0.05) is 0 Å². The molecule has 1 aromatic carbocycles. The maximum atomic E-state index is 10.8. The zero-order valence-corrected chi connectivity index (χ0v) is 11.2. The highest BCUT2D eigenvalue weighted by Crippen LogP contribution is 2.48. The molecule has 0 spiro atoms. The van der Waals surface area contributed by atoms with E-state index in [1.807, 2.05) is 0 Å². The van der Waals surface area contributed by atoms with Crippen molar-refractivity contribution in [3.63, 3.8) is 0 Å². The molecule has 2 rings (SSSR count). The van der Waals surface area contributed by atoms with Crippen LogP contribution in [-0.4, -0.2) is 25.0 Å². The first-order valence-corrected chi connectivity index (χ1v) is 5.97. The van der Waals surface area contributed by atoms with Gasteiger partial charge in [0.15, 0.2) is 11.5 Å². The normalized spacial score (nSPS) is 14.4. The van der Waals surface area contributed by atoms with Crippen LogP contribution in [0.5, 0.6) is 17.2 Å². The number of carboxylic acid groups (broad SMARTS) is 1. The van der Waals surface area contributed by atoms with Crippen molar-refractivity contribution in [3.05, 3.63) is 16.1 Å². The summed E-state index contributed by atoms with van der Waals surface area (Å²) < 4.78 is 16.5. The van der Waals surface area contributed by atoms with Crippen LogP contribution in [-0.2, 0) is 4.79 Å². The van der Waals surface area contributed by atoms with Crippen molar-refractivity contribution in [1.29, 1.82) is 0 Å². The van der Waals surface area contributed by atoms with Crippen LogP contribution in [0.3, 0.4) is 0 Å². The van der Waals surface area contributed by atoms with E-state index in [0.29, 0.717) is 27.3 Å². The summed E-state index contributed by atoms with van der Waals surface area (Å²) in [4.78, 5) is 10.8. The van der Waals surface area contributed by atoms with E-state index in [-0.39, 0.29) is 13.2 Å². The standard InChI is InChI=1S/C11H12BrNO5/c1-16-10-5(12)2-7-11(18-4-17-7)9(10)6(13)3-8(14)15/h2,6H,3-4,13H2,1H3,(H,14,15). The van der Waals surface area contributed by atoms with Gasteiger partial charge in [0, 0.05) is 12.1 Å². The van der Waals surface area contributed by atoms with E-state index in [9.17, 15) is 4.79 Å². The van der Waals surface area contributed by atoms with E-state index in [4.69, 9.17) is 25.1 Å². The zero-order chi connectivity index (χ0) is 13.3. The molecule has 1 unspecified atom stereocenters. The first-order chi connectivity index (χ1) is 8.54. The molecule has 1 aromatic rings. The largest absolute Gasteiger partial charge is 0.495 e. The Morgan fingerprint density at radius 2 is 2.39 bits per heavy atom. The second-order valence-electron chi connectivity index (χ2n) is 3.74. The Kier molecular flexibility index (Phi) is 3.63. The molecule has 0 bridgehead atoms. The summed E-state index contributed by atoms with van der Waals surface area (Å²) in [5.74, 6) is 0.451. The number of fused-ring (bicyclic) bond motifs is 1. The van der Waals surface area contributed by atoms with Gasteiger partial charge in [-0.2, -0.15) is 0 Å². The minimum absolute atomic E-state index is 0.0851. The monoisotopic (exact) mass is 317 g/mol. The van der Waals surface area contributed by atoms with E-state index in [2.05, 4.69) is 15.9 Å². The van der Waals surface area contributed by atoms with Crippen molar-refractivity contribution >= 4 is 21.9 Å². The third-order valence-electron chi connectivity index (χ3n) is 2.57. The van der Waals surface area contributed by atoms with Crippen molar-refractivity contribution < 1.29 is 24.1 Å². The SMILES string of the molecule is COc1c(Br)cc2c(c1C(N)CC(=O)O)OCO2. The molecule has 1 aliphatic rings. The van der Waals surface area contributed by atoms with Gasteiger partial charge in [-0.05, 0) is 15.9 Å². The Hall–Kier alpha value is -1.47. The average Bonchev–Trinajstić information content (AvgIpc) is 2.73. The molecule has 98 valence electrons. The molecule has 3 N–H and O–H groups in total. The summed E-state index contributed by atoms with van der Waals surface area (Å²) in [6.07, 6.45) is -0.220. The number of carbonyl (C=O) groups is 1. The molecule has 7 heteroatoms. The van der Waals surface area contributed by atoms with Crippen molar-refractivity contribution in [2.45, 2.75) is 12.5 Å². The molecule has 1 aliphatic heterocycles. The van der Waals surface area contributed by atoms with Crippen LogP contribution in [0, 0.1) is 0 Å². The molecule has 0 aliphatic carbocycles. The Balaban J connectivity index is 2.52. The molecule has 0 saturated carbocycles. The maximum Gasteiger partial charge on any atom is 0.305 e. The van der Waals surface area contributed by atoms with Gasteiger partial charge in [0.05, 0.1) is 23.6 Å². The van der Waals surface area contributed by atoms with Crippen molar-refractivity contribution in [2.75, 3.05) is 13.9 Å². The van der Waals surface area contributed by atoms with Crippen LogP contribution >= 0.6 is 15.9 Å². The molecule has 6 nitrogen and oxygen atoms in total. The van der Waals surface area contributed by atoms with Gasteiger partial charge in [0.1, 0.15) is 5.75 Å². The van der Waals surface area contributed by atoms with Crippen molar-refractivity contribution in [1.82, 2.24) is 0 Å². The van der Waals surface area contributed by atoms with Crippen LogP contribution in [0.1, 0.15) is 18.0 Å². The summed E-state index contributed by atoms with van der Waals surface area (Å²) in [6, 6.07) is 0.975. The number of hydrogen-bond donors (Lipinski definition) is 2. The molecular weight excluding hydrogens is 306 g/mol. The number of ether oxygens (including phenoxy) is 3. The highest BCUT2D eigenvalue weighted by atomic mass is 79.9. The first kappa shape index (κ1) is 13.0. The van der Waals surface area contributed by atoms with Gasteiger partial charge in [-0.15, -0.1) is 0 Å². The fourth-order valence-electron chi connectivity index (χ4n) is 1.85. The zero-order valence-electron chi connectivity index (χ0n) is 9.60. The summed E-state index contributed by atoms with van der Waals surface area (Å²) >= 11 is 3.33. The van der Waals surface area contributed by atoms with Crippen LogP contribution in [0.15, 0.2) is 10.5 Å². The summed E-state index contributed by atoms with van der Waals surface area (Å²) in [5.41, 5.74) is 6.40. The smallest absolute Gasteiger partial charge is 0.305 e. The molecule has 0 amide bonds. The predicted molar refractivity (Wildman–Crippen MR) is 66.0 cm³/mol. The number of benzene rings is 1. The first-order valence-electron chi connectivity index (χ1n) is 5.18. The summed E-state index contributed by atoms with van der Waals surface area (Å²) in [5, 5.41) is 8.82. The lowest BCUT2D eigenvalue weighted by Crippen LogP contribution is -2.16. The molecule has 0 aromatic heterocycles. The molecule has 18 heavy (non-hydrogen) atoms. The average molecular weight is 318 g/mol. The van der Waals surface area contributed by atoms with Gasteiger partial charge in [-0.25, -0.2) is 0 Å². The van der Waals surface area contributed by atoms with E-state index >= 15 is 0 Å². The Labute approximate surface area is 112 Å². The van der Waals surface area contributed by atoms with E-state index < -0.39 is 12.0 Å². The van der Waals surface area contributed by atoms with Gasteiger partial charge in [0.25, 0.3) is 0 Å². The fourth-order valence-corrected chi connectivity index (χ4v) is 2.44. The van der Waals surface area contributed by atoms with Crippen molar-refractivity contribution in [2.24, 2.45) is 5.73 Å². The van der Waals surface area contributed by atoms with Gasteiger partial charge in [-0.3, -0.25) is 4.79 Å². The number of hydrogen-bond acceptors (Lipinski definition) is 5. The third kappa shape index (κ3) is 2.23. The van der Waals surface area contributed by atoms with Gasteiger partial charge >= 0.3 is 5.97 Å². The molecule has 1 heterocycles. The number of methoxy groups -OCH3 is 1. The molecule has 0 fully saturated rings. The van der Waals surface area contributed by atoms with Crippen LogP contribution < -0.4 is 19.9 Å². The van der Waals surface area contributed by atoms with Gasteiger partial charge < -0.3 is 25.1 Å². The third-order valence-corrected chi connectivity index (χ3v) is 3.16. The Bertz CT molecular complexity index is 487. The minimum atomic E-state index is -0.989. The lowest BCUT2D eigenvalue weighted by molar-refractivity contribution is -0.137. The lowest BCUT2D eigenvalue weighted by atomic mass is 10.0. The number of nitrogens with two attached hydrogens (primary N) is 1. The fraction of sp³-hybridized carbons (Fsp3) is 0.364. The number of aliphatic carboxylic acids is 1. The van der Waals surface area contributed by atoms with Crippen LogP contribution in [0.2, 0.25) is 0 Å². The minimum Gasteiger partial charge on any atom is -0.495 e. The Morgan fingerprint density at radius 1 is 1.67 bits per heavy atom. The molecule has 0 saturated heterocycles. The summed E-state index contributed by atoms with van der Waals surface area (Å²) in [7, 11) is 1.49. The number of carboxylic acids is 1. The lowest BCUT2D eigenvalue weighted by Gasteiger charge is -2.17. The molecule has 1 atom stereocenters. The predicted octanol–water partition coefficient (Wildman–Crippen LogP) is 1.66.